The van der Waals surface area contributed by atoms with Crippen LogP contribution in [0.2, 0.25) is 10.0 Å². The van der Waals surface area contributed by atoms with Gasteiger partial charge in [-0.3, -0.25) is 4.79 Å². The van der Waals surface area contributed by atoms with Crippen molar-refractivity contribution >= 4 is 45.0 Å². The van der Waals surface area contributed by atoms with Gasteiger partial charge in [0.15, 0.2) is 0 Å². The normalized spacial score (nSPS) is 29.7. The van der Waals surface area contributed by atoms with Crippen molar-refractivity contribution < 1.29 is 13.2 Å². The van der Waals surface area contributed by atoms with Gasteiger partial charge in [-0.2, -0.15) is 4.31 Å². The van der Waals surface area contributed by atoms with Crippen LogP contribution in [-0.2, 0) is 27.8 Å². The minimum atomic E-state index is -3.91. The van der Waals surface area contributed by atoms with E-state index in [2.05, 4.69) is 15.3 Å². The summed E-state index contributed by atoms with van der Waals surface area (Å²) in [7, 11) is -3.91. The van der Waals surface area contributed by atoms with Crippen LogP contribution in [0.5, 0.6) is 0 Å². The van der Waals surface area contributed by atoms with Gasteiger partial charge in [0.05, 0.1) is 22.3 Å². The second-order valence-corrected chi connectivity index (χ2v) is 13.6. The molecule has 1 aromatic heterocycles. The Balaban J connectivity index is 1.19. The number of fused-ring (bicyclic) bond motifs is 1. The lowest BCUT2D eigenvalue weighted by Gasteiger charge is -2.56. The van der Waals surface area contributed by atoms with Crippen LogP contribution in [0, 0.1) is 23.2 Å². The number of nitrogens with one attached hydrogen (secondary N) is 1. The maximum Gasteiger partial charge on any atom is 0.246 e. The molecule has 4 bridgehead atoms. The molecule has 10 heteroatoms. The third-order valence-corrected chi connectivity index (χ3v) is 11.2. The molecule has 0 saturated heterocycles. The Hall–Kier alpha value is -1.74. The average Bonchev–Trinajstić information content (AvgIpc) is 2.77. The summed E-state index contributed by atoms with van der Waals surface area (Å²) in [4.78, 5) is 21.7. The molecule has 0 spiro atoms. The SMILES string of the molecule is O=C(CC12CC3CC(CC(C3)C1)C2)Nc1ncnc2c1CCN(S(=O)(=O)c1c(Cl)cccc1Cl)C2. The lowest BCUT2D eigenvalue weighted by atomic mass is 9.49. The first-order chi connectivity index (χ1) is 16.7. The van der Waals surface area contributed by atoms with Crippen LogP contribution in [0.4, 0.5) is 5.82 Å². The van der Waals surface area contributed by atoms with E-state index < -0.39 is 10.0 Å². The number of halogens is 2. The highest BCUT2D eigenvalue weighted by Gasteiger charge is 2.51. The van der Waals surface area contributed by atoms with E-state index in [1.165, 1.54) is 61.3 Å². The summed E-state index contributed by atoms with van der Waals surface area (Å²) in [5, 5.41) is 3.22. The van der Waals surface area contributed by atoms with E-state index in [-0.39, 0.29) is 39.4 Å². The second-order valence-electron chi connectivity index (χ2n) is 10.9. The topological polar surface area (TPSA) is 92.3 Å². The molecule has 0 unspecified atom stereocenters. The van der Waals surface area contributed by atoms with E-state index >= 15 is 0 Å². The van der Waals surface area contributed by atoms with Crippen molar-refractivity contribution in [3.05, 3.63) is 45.8 Å². The summed E-state index contributed by atoms with van der Waals surface area (Å²) >= 11 is 12.4. The Kier molecular flexibility index (Phi) is 5.87. The maximum absolute atomic E-state index is 13.3. The fraction of sp³-hybridized carbons (Fsp3) is 0.560. The number of aromatic nitrogens is 2. The highest BCUT2D eigenvalue weighted by molar-refractivity contribution is 7.89. The van der Waals surface area contributed by atoms with Crippen molar-refractivity contribution in [2.24, 2.45) is 23.2 Å². The zero-order valence-corrected chi connectivity index (χ0v) is 21.7. The van der Waals surface area contributed by atoms with Gasteiger partial charge >= 0.3 is 0 Å². The van der Waals surface area contributed by atoms with Crippen molar-refractivity contribution in [2.75, 3.05) is 11.9 Å². The first kappa shape index (κ1) is 23.6. The van der Waals surface area contributed by atoms with Crippen molar-refractivity contribution in [3.8, 4) is 0 Å². The van der Waals surface area contributed by atoms with Gasteiger partial charge in [-0.25, -0.2) is 18.4 Å². The van der Waals surface area contributed by atoms with Crippen molar-refractivity contribution in [2.45, 2.75) is 62.8 Å². The summed E-state index contributed by atoms with van der Waals surface area (Å²) in [6.45, 7) is 0.293. The van der Waals surface area contributed by atoms with E-state index in [9.17, 15) is 13.2 Å². The molecule has 1 amide bonds. The summed E-state index contributed by atoms with van der Waals surface area (Å²) in [6, 6.07) is 4.64. The first-order valence-corrected chi connectivity index (χ1v) is 14.5. The van der Waals surface area contributed by atoms with Crippen molar-refractivity contribution in [1.29, 1.82) is 0 Å². The van der Waals surface area contributed by atoms with E-state index in [1.807, 2.05) is 0 Å². The minimum Gasteiger partial charge on any atom is -0.310 e. The lowest BCUT2D eigenvalue weighted by molar-refractivity contribution is -0.124. The number of benzene rings is 1. The van der Waals surface area contributed by atoms with E-state index in [0.717, 1.165) is 23.3 Å². The third kappa shape index (κ3) is 4.26. The molecule has 5 aliphatic rings. The monoisotopic (exact) mass is 534 g/mol. The predicted molar refractivity (Wildman–Crippen MR) is 134 cm³/mol. The van der Waals surface area contributed by atoms with Gasteiger partial charge in [0, 0.05) is 18.5 Å². The van der Waals surface area contributed by atoms with Crippen LogP contribution >= 0.6 is 23.2 Å². The first-order valence-electron chi connectivity index (χ1n) is 12.3. The molecular formula is C25H28Cl2N4O3S. The molecule has 7 nitrogen and oxygen atoms in total. The van der Waals surface area contributed by atoms with Gasteiger partial charge in [-0.15, -0.1) is 0 Å². The molecule has 2 heterocycles. The van der Waals surface area contributed by atoms with E-state index in [4.69, 9.17) is 23.2 Å². The van der Waals surface area contributed by atoms with Crippen LogP contribution in [0.25, 0.3) is 0 Å². The van der Waals surface area contributed by atoms with Gasteiger partial charge in [0.2, 0.25) is 15.9 Å². The molecular weight excluding hydrogens is 507 g/mol. The molecule has 7 rings (SSSR count). The summed E-state index contributed by atoms with van der Waals surface area (Å²) in [6.07, 6.45) is 9.88. The molecule has 1 aliphatic heterocycles. The second kappa shape index (κ2) is 8.68. The van der Waals surface area contributed by atoms with Gasteiger partial charge in [0.1, 0.15) is 17.0 Å². The van der Waals surface area contributed by atoms with Crippen LogP contribution in [0.15, 0.2) is 29.4 Å². The molecule has 4 aliphatic carbocycles. The highest BCUT2D eigenvalue weighted by Crippen LogP contribution is 2.61. The molecule has 4 saturated carbocycles. The largest absolute Gasteiger partial charge is 0.310 e. The molecule has 4 fully saturated rings. The molecule has 35 heavy (non-hydrogen) atoms. The van der Waals surface area contributed by atoms with Gasteiger partial charge < -0.3 is 5.32 Å². The number of carbonyl (C=O) groups excluding carboxylic acids is 1. The fourth-order valence-electron chi connectivity index (χ4n) is 7.52. The third-order valence-electron chi connectivity index (χ3n) is 8.45. The molecule has 1 aromatic carbocycles. The van der Waals surface area contributed by atoms with Crippen molar-refractivity contribution in [1.82, 2.24) is 14.3 Å². The molecule has 0 atom stereocenters. The number of nitrogens with zero attached hydrogens (tertiary/aromatic N) is 3. The van der Waals surface area contributed by atoms with Crippen molar-refractivity contribution in [3.63, 3.8) is 0 Å². The number of carbonyl (C=O) groups is 1. The Morgan fingerprint density at radius 1 is 1.06 bits per heavy atom. The number of amides is 1. The Morgan fingerprint density at radius 2 is 1.69 bits per heavy atom. The number of hydrogen-bond donors (Lipinski definition) is 1. The van der Waals surface area contributed by atoms with Crippen LogP contribution in [-0.4, -0.2) is 35.1 Å². The average molecular weight is 535 g/mol. The summed E-state index contributed by atoms with van der Waals surface area (Å²) in [5.41, 5.74) is 1.52. The Labute approximate surface area is 215 Å². The number of sulfonamides is 1. The maximum atomic E-state index is 13.3. The number of hydrogen-bond acceptors (Lipinski definition) is 5. The van der Waals surface area contributed by atoms with Crippen LogP contribution in [0.3, 0.4) is 0 Å². The van der Waals surface area contributed by atoms with E-state index in [1.54, 1.807) is 6.07 Å². The predicted octanol–water partition coefficient (Wildman–Crippen LogP) is 5.08. The van der Waals surface area contributed by atoms with Gasteiger partial charge in [-0.05, 0) is 80.2 Å². The Bertz CT molecular complexity index is 1240. The number of anilines is 1. The molecule has 2 aromatic rings. The smallest absolute Gasteiger partial charge is 0.246 e. The van der Waals surface area contributed by atoms with Gasteiger partial charge in [0.25, 0.3) is 0 Å². The summed E-state index contributed by atoms with van der Waals surface area (Å²) in [5.74, 6) is 2.88. The fourth-order valence-corrected chi connectivity index (χ4v) is 10.0. The zero-order valence-electron chi connectivity index (χ0n) is 19.3. The number of rotatable bonds is 5. The zero-order chi connectivity index (χ0) is 24.4. The summed E-state index contributed by atoms with van der Waals surface area (Å²) < 4.78 is 27.9. The molecule has 0 radical (unpaired) electrons. The standard InChI is InChI=1S/C25H28Cl2N4O3S/c26-19-2-1-3-20(27)23(19)35(33,34)31-5-4-18-21(13-31)28-14-29-24(18)30-22(32)12-25-9-15-6-16(10-25)8-17(7-15)11-25/h1-3,14-17H,4-13H2,(H,28,29,30,32). The highest BCUT2D eigenvalue weighted by atomic mass is 35.5. The molecule has 1 N–H and O–H groups in total. The lowest BCUT2D eigenvalue weighted by Crippen LogP contribution is -2.47. The minimum absolute atomic E-state index is 0.00532. The van der Waals surface area contributed by atoms with Crippen LogP contribution < -0.4 is 5.32 Å². The van der Waals surface area contributed by atoms with Crippen LogP contribution in [0.1, 0.15) is 56.2 Å². The Morgan fingerprint density at radius 3 is 2.31 bits per heavy atom. The molecule has 186 valence electrons. The van der Waals surface area contributed by atoms with E-state index in [0.29, 0.717) is 24.4 Å². The van der Waals surface area contributed by atoms with Gasteiger partial charge in [-0.1, -0.05) is 29.3 Å². The quantitative estimate of drug-likeness (QED) is 0.577.